The second-order valence-corrected chi connectivity index (χ2v) is 7.62. The number of Topliss-reactive ketones (excluding diaryl/α,β-unsaturated/α-hetero) is 1. The van der Waals surface area contributed by atoms with Crippen LogP contribution in [0.1, 0.15) is 58.1 Å². The van der Waals surface area contributed by atoms with Gasteiger partial charge in [-0.05, 0) is 30.0 Å². The van der Waals surface area contributed by atoms with Gasteiger partial charge in [-0.15, -0.1) is 0 Å². The molecular weight excluding hydrogens is 318 g/mol. The molecule has 25 heavy (non-hydrogen) atoms. The number of furan rings is 1. The number of carbonyl (C=O) groups excluding carboxylic acids is 2. The topological polar surface area (TPSA) is 70.8 Å². The highest BCUT2D eigenvalue weighted by atomic mass is 16.4. The van der Waals surface area contributed by atoms with E-state index >= 15 is 0 Å². The van der Waals surface area contributed by atoms with Gasteiger partial charge in [0.2, 0.25) is 0 Å². The highest BCUT2D eigenvalue weighted by molar-refractivity contribution is 6.03. The predicted octanol–water partition coefficient (Wildman–Crippen LogP) is 3.72. The van der Waals surface area contributed by atoms with E-state index in [4.69, 9.17) is 4.42 Å². The lowest BCUT2D eigenvalue weighted by Crippen LogP contribution is -2.27. The zero-order valence-corrected chi connectivity index (χ0v) is 15.0. The van der Waals surface area contributed by atoms with E-state index < -0.39 is 0 Å². The first kappa shape index (κ1) is 17.3. The van der Waals surface area contributed by atoms with E-state index in [9.17, 15) is 14.7 Å². The molecule has 0 bridgehead atoms. The summed E-state index contributed by atoms with van der Waals surface area (Å²) < 4.78 is 5.83. The maximum atomic E-state index is 12.8. The first-order chi connectivity index (χ1) is 11.7. The number of benzene rings is 1. The van der Waals surface area contributed by atoms with Gasteiger partial charge in [0.1, 0.15) is 11.5 Å². The van der Waals surface area contributed by atoms with Gasteiger partial charge in [0.15, 0.2) is 11.5 Å². The Labute approximate surface area is 147 Å². The SMILES string of the molecule is Cc1c(C(=O)N(C)Cc2ccc(O)cc2)oc2c1C(=O)CC(C)(C)C2. The zero-order valence-electron chi connectivity index (χ0n) is 15.0. The summed E-state index contributed by atoms with van der Waals surface area (Å²) in [7, 11) is 1.70. The van der Waals surface area contributed by atoms with Gasteiger partial charge < -0.3 is 14.4 Å². The summed E-state index contributed by atoms with van der Waals surface area (Å²) in [5.41, 5.74) is 1.98. The van der Waals surface area contributed by atoms with Crippen molar-refractivity contribution in [2.45, 2.75) is 40.2 Å². The van der Waals surface area contributed by atoms with Crippen molar-refractivity contribution in [3.63, 3.8) is 0 Å². The summed E-state index contributed by atoms with van der Waals surface area (Å²) in [4.78, 5) is 26.8. The van der Waals surface area contributed by atoms with E-state index in [1.54, 1.807) is 43.1 Å². The molecule has 0 unspecified atom stereocenters. The molecule has 0 saturated heterocycles. The Hall–Kier alpha value is -2.56. The van der Waals surface area contributed by atoms with Crippen molar-refractivity contribution in [1.82, 2.24) is 4.90 Å². The summed E-state index contributed by atoms with van der Waals surface area (Å²) in [6.07, 6.45) is 1.13. The number of ketones is 1. The van der Waals surface area contributed by atoms with E-state index in [-0.39, 0.29) is 28.6 Å². The Bertz CT molecular complexity index is 830. The van der Waals surface area contributed by atoms with Crippen molar-refractivity contribution in [3.8, 4) is 5.75 Å². The number of fused-ring (bicyclic) bond motifs is 1. The van der Waals surface area contributed by atoms with Crippen LogP contribution in [-0.2, 0) is 13.0 Å². The number of phenolic OH excluding ortho intramolecular Hbond substituents is 1. The van der Waals surface area contributed by atoms with Crippen molar-refractivity contribution < 1.29 is 19.1 Å². The molecule has 0 aliphatic heterocycles. The summed E-state index contributed by atoms with van der Waals surface area (Å²) in [6, 6.07) is 6.72. The van der Waals surface area contributed by atoms with Crippen molar-refractivity contribution >= 4 is 11.7 Å². The molecule has 1 aromatic carbocycles. The number of hydrogen-bond acceptors (Lipinski definition) is 4. The minimum Gasteiger partial charge on any atom is -0.508 e. The van der Waals surface area contributed by atoms with E-state index in [1.165, 1.54) is 0 Å². The first-order valence-electron chi connectivity index (χ1n) is 8.37. The molecule has 0 atom stereocenters. The first-order valence-corrected chi connectivity index (χ1v) is 8.37. The molecule has 1 amide bonds. The minimum atomic E-state index is -0.245. The highest BCUT2D eigenvalue weighted by Crippen LogP contribution is 2.38. The molecule has 0 radical (unpaired) electrons. The Morgan fingerprint density at radius 2 is 1.88 bits per heavy atom. The van der Waals surface area contributed by atoms with E-state index in [0.29, 0.717) is 36.3 Å². The number of amides is 1. The normalized spacial score (nSPS) is 15.8. The van der Waals surface area contributed by atoms with Crippen LogP contribution < -0.4 is 0 Å². The average Bonchev–Trinajstić information content (AvgIpc) is 2.84. The van der Waals surface area contributed by atoms with Crippen LogP contribution in [0.3, 0.4) is 0 Å². The van der Waals surface area contributed by atoms with Crippen LogP contribution in [0.15, 0.2) is 28.7 Å². The minimum absolute atomic E-state index is 0.0488. The molecule has 2 aromatic rings. The fourth-order valence-corrected chi connectivity index (χ4v) is 3.41. The van der Waals surface area contributed by atoms with Crippen molar-refractivity contribution in [2.24, 2.45) is 5.41 Å². The maximum Gasteiger partial charge on any atom is 0.289 e. The molecule has 0 fully saturated rings. The van der Waals surface area contributed by atoms with Gasteiger partial charge in [-0.1, -0.05) is 26.0 Å². The fourth-order valence-electron chi connectivity index (χ4n) is 3.41. The number of hydrogen-bond donors (Lipinski definition) is 1. The molecule has 3 rings (SSSR count). The van der Waals surface area contributed by atoms with Gasteiger partial charge in [-0.3, -0.25) is 9.59 Å². The van der Waals surface area contributed by atoms with Gasteiger partial charge in [-0.25, -0.2) is 0 Å². The van der Waals surface area contributed by atoms with Crippen LogP contribution in [0.2, 0.25) is 0 Å². The van der Waals surface area contributed by atoms with Crippen LogP contribution in [0.25, 0.3) is 0 Å². The summed E-state index contributed by atoms with van der Waals surface area (Å²) in [5, 5.41) is 9.35. The number of aromatic hydroxyl groups is 1. The Morgan fingerprint density at radius 1 is 1.24 bits per heavy atom. The van der Waals surface area contributed by atoms with Crippen LogP contribution in [0.5, 0.6) is 5.75 Å². The lowest BCUT2D eigenvalue weighted by molar-refractivity contribution is 0.0746. The van der Waals surface area contributed by atoms with Crippen LogP contribution in [-0.4, -0.2) is 28.7 Å². The fraction of sp³-hybridized carbons (Fsp3) is 0.400. The number of nitrogens with zero attached hydrogens (tertiary/aromatic N) is 1. The molecule has 1 aliphatic carbocycles. The van der Waals surface area contributed by atoms with Crippen LogP contribution in [0, 0.1) is 12.3 Å². The molecule has 0 saturated carbocycles. The number of phenols is 1. The quantitative estimate of drug-likeness (QED) is 0.923. The van der Waals surface area contributed by atoms with Crippen molar-refractivity contribution in [1.29, 1.82) is 0 Å². The molecule has 0 spiro atoms. The molecule has 5 heteroatoms. The Morgan fingerprint density at radius 3 is 2.52 bits per heavy atom. The van der Waals surface area contributed by atoms with E-state index in [1.807, 2.05) is 13.8 Å². The highest BCUT2D eigenvalue weighted by Gasteiger charge is 2.37. The van der Waals surface area contributed by atoms with Gasteiger partial charge in [0.25, 0.3) is 5.91 Å². The standard InChI is InChI=1S/C20H23NO4/c1-12-17-15(23)9-20(2,3)10-16(17)25-18(12)19(24)21(4)11-13-5-7-14(22)8-6-13/h5-8,22H,9-11H2,1-4H3. The summed E-state index contributed by atoms with van der Waals surface area (Å²) in [5.74, 6) is 0.865. The summed E-state index contributed by atoms with van der Waals surface area (Å²) in [6.45, 7) is 6.23. The van der Waals surface area contributed by atoms with Crippen LogP contribution in [0.4, 0.5) is 0 Å². The lowest BCUT2D eigenvalue weighted by atomic mass is 9.76. The van der Waals surface area contributed by atoms with Crippen LogP contribution >= 0.6 is 0 Å². The molecule has 5 nitrogen and oxygen atoms in total. The average molecular weight is 341 g/mol. The molecular formula is C20H23NO4. The van der Waals surface area contributed by atoms with Gasteiger partial charge in [0, 0.05) is 32.0 Å². The molecule has 1 N–H and O–H groups in total. The smallest absolute Gasteiger partial charge is 0.289 e. The maximum absolute atomic E-state index is 12.8. The van der Waals surface area contributed by atoms with Crippen molar-refractivity contribution in [3.05, 3.63) is 52.5 Å². The second kappa shape index (κ2) is 6.06. The third-order valence-electron chi connectivity index (χ3n) is 4.67. The summed E-state index contributed by atoms with van der Waals surface area (Å²) >= 11 is 0. The third kappa shape index (κ3) is 3.31. The van der Waals surface area contributed by atoms with E-state index in [0.717, 1.165) is 5.56 Å². The van der Waals surface area contributed by atoms with Crippen molar-refractivity contribution in [2.75, 3.05) is 7.05 Å². The monoisotopic (exact) mass is 341 g/mol. The molecule has 1 heterocycles. The Balaban J connectivity index is 1.85. The molecule has 1 aliphatic rings. The third-order valence-corrected chi connectivity index (χ3v) is 4.67. The van der Waals surface area contributed by atoms with Gasteiger partial charge in [0.05, 0.1) is 5.56 Å². The largest absolute Gasteiger partial charge is 0.508 e. The lowest BCUT2D eigenvalue weighted by Gasteiger charge is -2.27. The predicted molar refractivity (Wildman–Crippen MR) is 93.8 cm³/mol. The van der Waals surface area contributed by atoms with E-state index in [2.05, 4.69) is 0 Å². The van der Waals surface area contributed by atoms with Gasteiger partial charge >= 0.3 is 0 Å². The Kier molecular flexibility index (Phi) is 4.19. The number of carbonyl (C=O) groups is 2. The second-order valence-electron chi connectivity index (χ2n) is 7.62. The molecule has 1 aromatic heterocycles. The van der Waals surface area contributed by atoms with Gasteiger partial charge in [-0.2, -0.15) is 0 Å². The number of rotatable bonds is 3. The zero-order chi connectivity index (χ0) is 18.4. The molecule has 132 valence electrons.